The first-order valence-corrected chi connectivity index (χ1v) is 12.3. The first-order chi connectivity index (χ1) is 17.9. The maximum absolute atomic E-state index is 15.0. The van der Waals surface area contributed by atoms with Crippen LogP contribution in [0.15, 0.2) is 36.8 Å². The third kappa shape index (κ3) is 3.69. The molecule has 0 saturated carbocycles. The van der Waals surface area contributed by atoms with E-state index in [-0.39, 0.29) is 35.5 Å². The summed E-state index contributed by atoms with van der Waals surface area (Å²) in [5, 5.41) is 13.8. The Balaban J connectivity index is 1.44. The Bertz CT molecular complexity index is 1520. The van der Waals surface area contributed by atoms with Crippen LogP contribution in [0.3, 0.4) is 0 Å². The van der Waals surface area contributed by atoms with Crippen molar-refractivity contribution in [3.63, 3.8) is 0 Å². The number of amides is 1. The van der Waals surface area contributed by atoms with E-state index < -0.39 is 12.4 Å². The molecule has 4 N–H and O–H groups in total. The summed E-state index contributed by atoms with van der Waals surface area (Å²) in [6.45, 7) is 0.941. The van der Waals surface area contributed by atoms with Gasteiger partial charge in [-0.15, -0.1) is 0 Å². The number of carbonyl (C=O) groups excluding carboxylic acids is 2. The molecule has 1 aromatic carbocycles. The topological polar surface area (TPSA) is 142 Å². The fourth-order valence-electron chi connectivity index (χ4n) is 6.07. The molecule has 11 heteroatoms. The predicted molar refractivity (Wildman–Crippen MR) is 133 cm³/mol. The molecule has 190 valence electrons. The summed E-state index contributed by atoms with van der Waals surface area (Å²) in [6, 6.07) is 4.79. The maximum Gasteiger partial charge on any atom is 0.248 e. The molecule has 6 rings (SSSR count). The van der Waals surface area contributed by atoms with Crippen LogP contribution in [0, 0.1) is 5.82 Å². The summed E-state index contributed by atoms with van der Waals surface area (Å²) in [5.74, 6) is -0.397. The highest BCUT2D eigenvalue weighted by atomic mass is 19.1. The number of carbonyl (C=O) groups is 2. The van der Waals surface area contributed by atoms with E-state index in [0.29, 0.717) is 52.3 Å². The Morgan fingerprint density at radius 2 is 1.97 bits per heavy atom. The number of anilines is 1. The number of benzene rings is 1. The van der Waals surface area contributed by atoms with Crippen molar-refractivity contribution in [3.05, 3.63) is 53.9 Å². The first-order valence-electron chi connectivity index (χ1n) is 12.3. The number of nitrogens with zero attached hydrogens (tertiary/aromatic N) is 5. The van der Waals surface area contributed by atoms with Gasteiger partial charge in [-0.05, 0) is 50.3 Å². The maximum atomic E-state index is 15.0. The van der Waals surface area contributed by atoms with Crippen LogP contribution in [0.25, 0.3) is 28.2 Å². The number of fused-ring (bicyclic) bond motifs is 3. The number of nitrogens with one attached hydrogen (secondary N) is 1. The number of hydrogen-bond donors (Lipinski definition) is 3. The fourth-order valence-corrected chi connectivity index (χ4v) is 6.07. The van der Waals surface area contributed by atoms with Crippen LogP contribution in [-0.4, -0.2) is 65.0 Å². The number of ketones is 1. The summed E-state index contributed by atoms with van der Waals surface area (Å²) in [7, 11) is 0. The Morgan fingerprint density at radius 3 is 2.59 bits per heavy atom. The molecule has 0 radical (unpaired) electrons. The number of nitrogen functional groups attached to an aromatic ring is 1. The zero-order valence-corrected chi connectivity index (χ0v) is 20.2. The standard InChI is InChI=1S/C26H26FN7O3/c1-13(36)22-23(15-8-16-3-4-17(9-15)33(16)21(37)12-35)32-26-19(11-31-34(26)24(22)28)14-2-5-18(20(27)10-14)25-29-6-7-30-25/h2,5-7,10-11,15-17,35H,3-4,8-9,12,28H2,1H3,(H,29,30)/t15?,16-,17?/m0/s1. The van der Waals surface area contributed by atoms with Gasteiger partial charge in [0.25, 0.3) is 0 Å². The molecule has 0 aliphatic carbocycles. The summed E-state index contributed by atoms with van der Waals surface area (Å²) >= 11 is 0. The van der Waals surface area contributed by atoms with Crippen molar-refractivity contribution >= 4 is 23.2 Å². The van der Waals surface area contributed by atoms with E-state index in [2.05, 4.69) is 15.1 Å². The Labute approximate surface area is 211 Å². The monoisotopic (exact) mass is 503 g/mol. The van der Waals surface area contributed by atoms with Gasteiger partial charge in [0.15, 0.2) is 11.4 Å². The van der Waals surface area contributed by atoms with E-state index in [9.17, 15) is 14.7 Å². The molecule has 0 spiro atoms. The summed E-state index contributed by atoms with van der Waals surface area (Å²) in [6.07, 6.45) is 7.71. The number of rotatable bonds is 5. The van der Waals surface area contributed by atoms with Gasteiger partial charge >= 0.3 is 0 Å². The van der Waals surface area contributed by atoms with E-state index >= 15 is 4.39 Å². The summed E-state index contributed by atoms with van der Waals surface area (Å²) in [5.41, 5.74) is 9.32. The van der Waals surface area contributed by atoms with Gasteiger partial charge in [-0.2, -0.15) is 9.61 Å². The number of aromatic amines is 1. The second kappa shape index (κ2) is 8.77. The van der Waals surface area contributed by atoms with E-state index in [1.165, 1.54) is 17.5 Å². The van der Waals surface area contributed by atoms with E-state index in [1.807, 2.05) is 0 Å². The number of imidazole rings is 1. The number of piperidine rings is 1. The minimum Gasteiger partial charge on any atom is -0.387 e. The van der Waals surface area contributed by atoms with Crippen LogP contribution in [0.2, 0.25) is 0 Å². The molecule has 3 aromatic heterocycles. The molecule has 2 aliphatic heterocycles. The minimum atomic E-state index is -0.512. The van der Waals surface area contributed by atoms with Crippen LogP contribution in [0.4, 0.5) is 10.2 Å². The number of hydrogen-bond acceptors (Lipinski definition) is 7. The van der Waals surface area contributed by atoms with Gasteiger partial charge in [-0.3, -0.25) is 9.59 Å². The summed E-state index contributed by atoms with van der Waals surface area (Å²) < 4.78 is 16.4. The SMILES string of the molecule is CC(=O)c1c(C2CC3CC[C@@H](C2)N3C(=O)CO)nc2c(-c3ccc(-c4ncc[nH]4)c(F)c3)cnn2c1N. The molecule has 2 unspecified atom stereocenters. The zero-order chi connectivity index (χ0) is 25.8. The van der Waals surface area contributed by atoms with Crippen molar-refractivity contribution in [1.29, 1.82) is 0 Å². The molecular formula is C26H26FN7O3. The molecule has 2 aliphatic rings. The Hall–Kier alpha value is -4.12. The van der Waals surface area contributed by atoms with E-state index in [4.69, 9.17) is 10.7 Å². The number of H-pyrrole nitrogens is 1. The summed E-state index contributed by atoms with van der Waals surface area (Å²) in [4.78, 5) is 38.8. The van der Waals surface area contributed by atoms with Crippen LogP contribution in [0.5, 0.6) is 0 Å². The van der Waals surface area contributed by atoms with Gasteiger partial charge < -0.3 is 20.7 Å². The number of aromatic nitrogens is 5. The normalized spacial score (nSPS) is 21.1. The molecule has 10 nitrogen and oxygen atoms in total. The highest BCUT2D eigenvalue weighted by molar-refractivity contribution is 6.00. The van der Waals surface area contributed by atoms with Crippen LogP contribution >= 0.6 is 0 Å². The van der Waals surface area contributed by atoms with Gasteiger partial charge in [0.1, 0.15) is 24.1 Å². The quantitative estimate of drug-likeness (QED) is 0.355. The van der Waals surface area contributed by atoms with Crippen molar-refractivity contribution in [2.75, 3.05) is 12.3 Å². The number of aliphatic hydroxyl groups excluding tert-OH is 1. The second-order valence-electron chi connectivity index (χ2n) is 9.75. The van der Waals surface area contributed by atoms with Crippen molar-refractivity contribution in [2.24, 2.45) is 0 Å². The fraction of sp³-hybridized carbons (Fsp3) is 0.346. The molecule has 2 bridgehead atoms. The van der Waals surface area contributed by atoms with Crippen molar-refractivity contribution < 1.29 is 19.1 Å². The minimum absolute atomic E-state index is 0.0184. The van der Waals surface area contributed by atoms with Gasteiger partial charge in [0, 0.05) is 36.0 Å². The highest BCUT2D eigenvalue weighted by Gasteiger charge is 2.44. The molecule has 1 amide bonds. The Kier molecular flexibility index (Phi) is 5.52. The average Bonchev–Trinajstić information content (AvgIpc) is 3.61. The molecule has 3 atom stereocenters. The molecule has 2 fully saturated rings. The van der Waals surface area contributed by atoms with E-state index in [0.717, 1.165) is 12.8 Å². The van der Waals surface area contributed by atoms with Gasteiger partial charge in [0.05, 0.1) is 23.0 Å². The molecular weight excluding hydrogens is 477 g/mol. The lowest BCUT2D eigenvalue weighted by Gasteiger charge is -2.39. The van der Waals surface area contributed by atoms with Crippen LogP contribution in [-0.2, 0) is 4.79 Å². The van der Waals surface area contributed by atoms with Crippen molar-refractivity contribution in [1.82, 2.24) is 29.5 Å². The highest BCUT2D eigenvalue weighted by Crippen LogP contribution is 2.44. The lowest BCUT2D eigenvalue weighted by Crippen LogP contribution is -2.47. The number of Topliss-reactive ketones (excluding diaryl/α,β-unsaturated/α-hetero) is 1. The second-order valence-corrected chi connectivity index (χ2v) is 9.75. The van der Waals surface area contributed by atoms with Gasteiger partial charge in [-0.1, -0.05) is 6.07 Å². The van der Waals surface area contributed by atoms with Crippen LogP contribution in [0.1, 0.15) is 54.6 Å². The zero-order valence-electron chi connectivity index (χ0n) is 20.2. The molecule has 37 heavy (non-hydrogen) atoms. The van der Waals surface area contributed by atoms with E-state index in [1.54, 1.807) is 35.6 Å². The van der Waals surface area contributed by atoms with Gasteiger partial charge in [0.2, 0.25) is 5.91 Å². The predicted octanol–water partition coefficient (Wildman–Crippen LogP) is 2.94. The molecule has 4 aromatic rings. The van der Waals surface area contributed by atoms with Crippen molar-refractivity contribution in [2.45, 2.75) is 50.6 Å². The number of nitrogens with two attached hydrogens (primary N) is 1. The first kappa shape index (κ1) is 23.3. The smallest absolute Gasteiger partial charge is 0.248 e. The van der Waals surface area contributed by atoms with Crippen molar-refractivity contribution in [3.8, 4) is 22.5 Å². The average molecular weight is 504 g/mol. The molecule has 2 saturated heterocycles. The largest absolute Gasteiger partial charge is 0.387 e. The number of halogens is 1. The third-order valence-corrected chi connectivity index (χ3v) is 7.64. The Morgan fingerprint density at radius 1 is 1.22 bits per heavy atom. The lowest BCUT2D eigenvalue weighted by atomic mass is 9.85. The number of aliphatic hydroxyl groups is 1. The lowest BCUT2D eigenvalue weighted by molar-refractivity contribution is -0.138. The molecule has 5 heterocycles. The van der Waals surface area contributed by atoms with Crippen LogP contribution < -0.4 is 5.73 Å². The third-order valence-electron chi connectivity index (χ3n) is 7.64. The van der Waals surface area contributed by atoms with Gasteiger partial charge in [-0.25, -0.2) is 14.4 Å².